The van der Waals surface area contributed by atoms with E-state index < -0.39 is 6.23 Å². The third kappa shape index (κ3) is 4.88. The number of nitrogens with one attached hydrogen (secondary N) is 1. The van der Waals surface area contributed by atoms with Gasteiger partial charge in [0.25, 0.3) is 5.56 Å². The van der Waals surface area contributed by atoms with Gasteiger partial charge >= 0.3 is 0 Å². The molecule has 1 heterocycles. The van der Waals surface area contributed by atoms with Crippen molar-refractivity contribution in [3.05, 3.63) is 64.6 Å². The number of methoxy groups -OCH3 is 2. The van der Waals surface area contributed by atoms with Crippen LogP contribution in [0.1, 0.15) is 43.9 Å². The number of pyridine rings is 1. The molecule has 4 rings (SSSR count). The van der Waals surface area contributed by atoms with E-state index in [2.05, 4.69) is 5.32 Å². The molecule has 1 atom stereocenters. The molecule has 1 aromatic heterocycles. The van der Waals surface area contributed by atoms with Gasteiger partial charge in [-0.25, -0.2) is 0 Å². The molecule has 0 bridgehead atoms. The zero-order chi connectivity index (χ0) is 23.4. The van der Waals surface area contributed by atoms with Crippen molar-refractivity contribution in [1.82, 2.24) is 4.57 Å². The molecule has 0 spiro atoms. The van der Waals surface area contributed by atoms with Crippen molar-refractivity contribution >= 4 is 22.4 Å². The van der Waals surface area contributed by atoms with Crippen LogP contribution in [0.3, 0.4) is 0 Å². The molecule has 0 radical (unpaired) electrons. The summed E-state index contributed by atoms with van der Waals surface area (Å²) in [6.45, 7) is 0. The molecule has 1 saturated carbocycles. The number of aromatic nitrogens is 1. The number of rotatable bonds is 7. The molecule has 1 aliphatic rings. The largest absolute Gasteiger partial charge is 0.497 e. The highest BCUT2D eigenvalue weighted by Crippen LogP contribution is 2.31. The van der Waals surface area contributed by atoms with Crippen LogP contribution in [0, 0.1) is 5.92 Å². The number of hydrogen-bond acceptors (Lipinski definition) is 5. The highest BCUT2D eigenvalue weighted by Gasteiger charge is 2.24. The molecular formula is C26H30N2O5. The summed E-state index contributed by atoms with van der Waals surface area (Å²) in [7, 11) is 3.12. The summed E-state index contributed by atoms with van der Waals surface area (Å²) in [6.07, 6.45) is 6.11. The summed E-state index contributed by atoms with van der Waals surface area (Å²) in [5.41, 5.74) is 1.04. The molecule has 1 fully saturated rings. The predicted molar refractivity (Wildman–Crippen MR) is 128 cm³/mol. The number of fused-ring (bicyclic) bond motifs is 1. The van der Waals surface area contributed by atoms with E-state index >= 15 is 0 Å². The molecule has 0 aliphatic heterocycles. The fourth-order valence-corrected chi connectivity index (χ4v) is 4.63. The van der Waals surface area contributed by atoms with Crippen LogP contribution in [0.25, 0.3) is 10.8 Å². The third-order valence-corrected chi connectivity index (χ3v) is 6.45. The van der Waals surface area contributed by atoms with Crippen LogP contribution >= 0.6 is 0 Å². The Morgan fingerprint density at radius 1 is 1.09 bits per heavy atom. The Kier molecular flexibility index (Phi) is 6.99. The number of anilines is 1. The maximum atomic E-state index is 13.1. The quantitative estimate of drug-likeness (QED) is 0.561. The second-order valence-electron chi connectivity index (χ2n) is 8.51. The fourth-order valence-electron chi connectivity index (χ4n) is 4.63. The second kappa shape index (κ2) is 10.1. The molecule has 1 aliphatic carbocycles. The van der Waals surface area contributed by atoms with Gasteiger partial charge in [-0.1, -0.05) is 31.4 Å². The van der Waals surface area contributed by atoms with Gasteiger partial charge < -0.3 is 19.9 Å². The summed E-state index contributed by atoms with van der Waals surface area (Å²) in [5, 5.41) is 14.8. The first kappa shape index (κ1) is 22.9. The molecule has 0 saturated heterocycles. The Morgan fingerprint density at radius 3 is 2.61 bits per heavy atom. The summed E-state index contributed by atoms with van der Waals surface area (Å²) >= 11 is 0. The van der Waals surface area contributed by atoms with Crippen molar-refractivity contribution in [2.24, 2.45) is 5.92 Å². The number of amides is 1. The minimum atomic E-state index is -0.831. The minimum absolute atomic E-state index is 0.0938. The minimum Gasteiger partial charge on any atom is -0.497 e. The lowest BCUT2D eigenvalue weighted by atomic mass is 9.88. The number of carbonyl (C=O) groups excluding carboxylic acids is 1. The second-order valence-corrected chi connectivity index (χ2v) is 8.51. The maximum Gasteiger partial charge on any atom is 0.260 e. The van der Waals surface area contributed by atoms with E-state index in [1.807, 2.05) is 0 Å². The lowest BCUT2D eigenvalue weighted by molar-refractivity contribution is -0.115. The molecular weight excluding hydrogens is 420 g/mol. The lowest BCUT2D eigenvalue weighted by Crippen LogP contribution is -2.30. The number of aliphatic hydroxyl groups is 1. The topological polar surface area (TPSA) is 89.8 Å². The van der Waals surface area contributed by atoms with Gasteiger partial charge in [-0.3, -0.25) is 14.2 Å². The first-order chi connectivity index (χ1) is 16.0. The van der Waals surface area contributed by atoms with Crippen molar-refractivity contribution in [2.45, 2.75) is 44.8 Å². The van der Waals surface area contributed by atoms with Crippen LogP contribution in [0.5, 0.6) is 11.5 Å². The van der Waals surface area contributed by atoms with E-state index in [9.17, 15) is 14.7 Å². The smallest absolute Gasteiger partial charge is 0.260 e. The Hall–Kier alpha value is -3.32. The lowest BCUT2D eigenvalue weighted by Gasteiger charge is -2.28. The normalized spacial score (nSPS) is 15.2. The van der Waals surface area contributed by atoms with E-state index in [-0.39, 0.29) is 23.8 Å². The number of carbonyl (C=O) groups is 1. The standard InChI is InChI=1S/C26H30N2O5/c1-32-19-12-11-18(23(16-19)33-2)15-24(29)27-22-10-6-9-21-20(22)13-14-28(26(21)31)25(30)17-7-4-3-5-8-17/h6,9-14,16-17,25,30H,3-5,7-8,15H2,1-2H3,(H,27,29). The van der Waals surface area contributed by atoms with Crippen molar-refractivity contribution in [2.75, 3.05) is 19.5 Å². The average molecular weight is 451 g/mol. The maximum absolute atomic E-state index is 13.1. The van der Waals surface area contributed by atoms with Gasteiger partial charge in [-0.15, -0.1) is 0 Å². The van der Waals surface area contributed by atoms with E-state index in [1.165, 1.54) is 11.0 Å². The Balaban J connectivity index is 1.57. The first-order valence-electron chi connectivity index (χ1n) is 11.3. The third-order valence-electron chi connectivity index (χ3n) is 6.45. The monoisotopic (exact) mass is 450 g/mol. The fraction of sp³-hybridized carbons (Fsp3) is 0.385. The van der Waals surface area contributed by atoms with Crippen molar-refractivity contribution in [3.63, 3.8) is 0 Å². The highest BCUT2D eigenvalue weighted by atomic mass is 16.5. The van der Waals surface area contributed by atoms with Gasteiger partial charge in [0, 0.05) is 40.2 Å². The van der Waals surface area contributed by atoms with Gasteiger partial charge in [-0.05, 0) is 37.1 Å². The molecule has 33 heavy (non-hydrogen) atoms. The molecule has 2 N–H and O–H groups in total. The molecule has 1 amide bonds. The summed E-state index contributed by atoms with van der Waals surface area (Å²) in [6, 6.07) is 12.3. The zero-order valence-corrected chi connectivity index (χ0v) is 19.0. The van der Waals surface area contributed by atoms with Crippen LogP contribution in [0.15, 0.2) is 53.5 Å². The van der Waals surface area contributed by atoms with Gasteiger partial charge in [0.1, 0.15) is 17.7 Å². The first-order valence-corrected chi connectivity index (χ1v) is 11.3. The molecule has 7 heteroatoms. The van der Waals surface area contributed by atoms with Gasteiger partial charge in [0.15, 0.2) is 0 Å². The summed E-state index contributed by atoms with van der Waals surface area (Å²) in [5.74, 6) is 1.09. The van der Waals surface area contributed by atoms with Crippen molar-refractivity contribution in [3.8, 4) is 11.5 Å². The molecule has 1 unspecified atom stereocenters. The van der Waals surface area contributed by atoms with Gasteiger partial charge in [-0.2, -0.15) is 0 Å². The van der Waals surface area contributed by atoms with Crippen LogP contribution < -0.4 is 20.3 Å². The average Bonchev–Trinajstić information content (AvgIpc) is 2.85. The molecule has 2 aromatic carbocycles. The van der Waals surface area contributed by atoms with Crippen LogP contribution in [0.4, 0.5) is 5.69 Å². The molecule has 3 aromatic rings. The number of benzene rings is 2. The highest BCUT2D eigenvalue weighted by molar-refractivity contribution is 6.02. The van der Waals surface area contributed by atoms with Crippen molar-refractivity contribution < 1.29 is 19.4 Å². The zero-order valence-electron chi connectivity index (χ0n) is 19.0. The number of hydrogen-bond donors (Lipinski definition) is 2. The Morgan fingerprint density at radius 2 is 1.88 bits per heavy atom. The Bertz CT molecular complexity index is 1200. The summed E-state index contributed by atoms with van der Waals surface area (Å²) in [4.78, 5) is 25.9. The predicted octanol–water partition coefficient (Wildman–Crippen LogP) is 4.27. The van der Waals surface area contributed by atoms with Gasteiger partial charge in [0.05, 0.1) is 20.6 Å². The number of nitrogens with zero attached hydrogens (tertiary/aromatic N) is 1. The van der Waals surface area contributed by atoms with E-state index in [0.29, 0.717) is 28.0 Å². The van der Waals surface area contributed by atoms with E-state index in [0.717, 1.165) is 31.2 Å². The number of ether oxygens (including phenoxy) is 2. The Labute approximate surface area is 193 Å². The molecule has 7 nitrogen and oxygen atoms in total. The van der Waals surface area contributed by atoms with E-state index in [1.54, 1.807) is 62.9 Å². The van der Waals surface area contributed by atoms with Crippen molar-refractivity contribution in [1.29, 1.82) is 0 Å². The number of aliphatic hydroxyl groups excluding tert-OH is 1. The SMILES string of the molecule is COc1ccc(CC(=O)Nc2cccc3c(=O)n(C(O)C4CCCCC4)ccc23)c(OC)c1. The van der Waals surface area contributed by atoms with E-state index in [4.69, 9.17) is 9.47 Å². The summed E-state index contributed by atoms with van der Waals surface area (Å²) < 4.78 is 12.0. The van der Waals surface area contributed by atoms with Crippen LogP contribution in [-0.4, -0.2) is 29.8 Å². The van der Waals surface area contributed by atoms with Gasteiger partial charge in [0.2, 0.25) is 5.91 Å². The van der Waals surface area contributed by atoms with Crippen LogP contribution in [0.2, 0.25) is 0 Å². The van der Waals surface area contributed by atoms with Crippen LogP contribution in [-0.2, 0) is 11.2 Å². The molecule has 174 valence electrons.